The first kappa shape index (κ1) is 17.9. The summed E-state index contributed by atoms with van der Waals surface area (Å²) in [6.45, 7) is 1.34. The van der Waals surface area contributed by atoms with Crippen LogP contribution < -0.4 is 5.32 Å². The summed E-state index contributed by atoms with van der Waals surface area (Å²) in [6.07, 6.45) is 0.365. The summed E-state index contributed by atoms with van der Waals surface area (Å²) in [6, 6.07) is 14.3. The lowest BCUT2D eigenvalue weighted by Crippen LogP contribution is -2.14. The number of hydrogen-bond acceptors (Lipinski definition) is 5. The first-order valence-electron chi connectivity index (χ1n) is 7.64. The van der Waals surface area contributed by atoms with Crippen molar-refractivity contribution in [3.63, 3.8) is 0 Å². The van der Waals surface area contributed by atoms with Crippen LogP contribution in [-0.4, -0.2) is 24.3 Å². The number of ketones is 1. The lowest BCUT2D eigenvalue weighted by Gasteiger charge is -2.06. The Bertz CT molecular complexity index is 835. The molecule has 0 aliphatic heterocycles. The monoisotopic (exact) mass is 336 g/mol. The molecule has 0 bridgehead atoms. The highest BCUT2D eigenvalue weighted by atomic mass is 16.5. The maximum atomic E-state index is 12.1. The first-order chi connectivity index (χ1) is 12.0. The fraction of sp³-hybridized carbons (Fsp3) is 0.158. The van der Waals surface area contributed by atoms with Gasteiger partial charge < -0.3 is 10.1 Å². The maximum absolute atomic E-state index is 12.1. The van der Waals surface area contributed by atoms with Gasteiger partial charge in [0, 0.05) is 17.7 Å². The zero-order valence-electron chi connectivity index (χ0n) is 13.6. The molecule has 25 heavy (non-hydrogen) atoms. The molecule has 0 fully saturated rings. The van der Waals surface area contributed by atoms with E-state index in [1.165, 1.54) is 12.1 Å². The minimum atomic E-state index is -0.669. The Morgan fingerprint density at radius 2 is 1.80 bits per heavy atom. The first-order valence-corrected chi connectivity index (χ1v) is 7.64. The van der Waals surface area contributed by atoms with Gasteiger partial charge in [0.1, 0.15) is 0 Å². The molecule has 126 valence electrons. The van der Waals surface area contributed by atoms with Crippen LogP contribution in [0.3, 0.4) is 0 Å². The molecule has 2 aromatic carbocycles. The predicted molar refractivity (Wildman–Crippen MR) is 91.1 cm³/mol. The average molecular weight is 336 g/mol. The van der Waals surface area contributed by atoms with Crippen molar-refractivity contribution >= 4 is 23.3 Å². The summed E-state index contributed by atoms with van der Waals surface area (Å²) < 4.78 is 4.99. The number of amides is 1. The molecule has 6 nitrogen and oxygen atoms in total. The molecule has 6 heteroatoms. The normalized spacial score (nSPS) is 9.76. The molecule has 0 aromatic heterocycles. The van der Waals surface area contributed by atoms with E-state index in [4.69, 9.17) is 10.00 Å². The summed E-state index contributed by atoms with van der Waals surface area (Å²) in [5.41, 5.74) is 1.51. The quantitative estimate of drug-likeness (QED) is 0.646. The Labute approximate surface area is 145 Å². The number of ether oxygens (including phenoxy) is 1. The predicted octanol–water partition coefficient (Wildman–Crippen LogP) is 2.95. The zero-order valence-corrected chi connectivity index (χ0v) is 13.6. The highest BCUT2D eigenvalue weighted by molar-refractivity contribution is 6.00. The van der Waals surface area contributed by atoms with Crippen molar-refractivity contribution < 1.29 is 19.1 Å². The molecule has 0 saturated heterocycles. The largest absolute Gasteiger partial charge is 0.454 e. The number of carbonyl (C=O) groups is 3. The van der Waals surface area contributed by atoms with Crippen LogP contribution >= 0.6 is 0 Å². The second-order valence-electron chi connectivity index (χ2n) is 5.17. The van der Waals surface area contributed by atoms with Crippen molar-refractivity contribution in [3.8, 4) is 6.07 Å². The maximum Gasteiger partial charge on any atom is 0.338 e. The molecule has 0 unspecified atom stereocenters. The fourth-order valence-corrected chi connectivity index (χ4v) is 2.00. The molecule has 0 radical (unpaired) electrons. The van der Waals surface area contributed by atoms with Gasteiger partial charge in [-0.25, -0.2) is 4.79 Å². The Hall–Kier alpha value is -3.46. The van der Waals surface area contributed by atoms with Gasteiger partial charge in [0.15, 0.2) is 12.4 Å². The number of anilines is 1. The third-order valence-corrected chi connectivity index (χ3v) is 3.37. The second kappa shape index (κ2) is 8.41. The van der Waals surface area contributed by atoms with Crippen LogP contribution in [-0.2, 0) is 9.53 Å². The number of hydrogen-bond donors (Lipinski definition) is 1. The Kier molecular flexibility index (Phi) is 6.02. The summed E-state index contributed by atoms with van der Waals surface area (Å²) in [5, 5.41) is 11.5. The van der Waals surface area contributed by atoms with Gasteiger partial charge in [0.2, 0.25) is 5.91 Å². The van der Waals surface area contributed by atoms with Gasteiger partial charge in [0.05, 0.1) is 17.2 Å². The van der Waals surface area contributed by atoms with E-state index in [1.807, 2.05) is 6.07 Å². The van der Waals surface area contributed by atoms with E-state index in [9.17, 15) is 14.4 Å². The molecule has 0 saturated carbocycles. The number of benzene rings is 2. The molecule has 1 amide bonds. The highest BCUT2D eigenvalue weighted by Gasteiger charge is 2.12. The minimum absolute atomic E-state index is 0.118. The number of nitriles is 1. The Balaban J connectivity index is 1.94. The average Bonchev–Trinajstić information content (AvgIpc) is 2.66. The third kappa shape index (κ3) is 5.01. The zero-order chi connectivity index (χ0) is 18.2. The molecule has 0 aliphatic rings. The fourth-order valence-electron chi connectivity index (χ4n) is 2.00. The van der Waals surface area contributed by atoms with Gasteiger partial charge in [-0.2, -0.15) is 5.26 Å². The van der Waals surface area contributed by atoms with E-state index in [0.717, 1.165) is 0 Å². The summed E-state index contributed by atoms with van der Waals surface area (Å²) in [5.74, 6) is -1.15. The molecule has 2 aromatic rings. The third-order valence-electron chi connectivity index (χ3n) is 3.37. The number of nitrogens with one attached hydrogen (secondary N) is 1. The summed E-state index contributed by atoms with van der Waals surface area (Å²) in [7, 11) is 0. The summed E-state index contributed by atoms with van der Waals surface area (Å²) in [4.78, 5) is 35.3. The van der Waals surface area contributed by atoms with Crippen molar-refractivity contribution in [2.45, 2.75) is 13.3 Å². The molecular formula is C19H16N2O4. The van der Waals surface area contributed by atoms with Crippen LogP contribution in [0.5, 0.6) is 0 Å². The van der Waals surface area contributed by atoms with E-state index >= 15 is 0 Å². The van der Waals surface area contributed by atoms with Gasteiger partial charge in [-0.3, -0.25) is 9.59 Å². The summed E-state index contributed by atoms with van der Waals surface area (Å²) >= 11 is 0. The number of nitrogens with zero attached hydrogens (tertiary/aromatic N) is 1. The topological polar surface area (TPSA) is 96.3 Å². The molecule has 0 aliphatic carbocycles. The highest BCUT2D eigenvalue weighted by Crippen LogP contribution is 2.11. The van der Waals surface area contributed by atoms with Crippen molar-refractivity contribution in [2.24, 2.45) is 0 Å². The van der Waals surface area contributed by atoms with E-state index in [0.29, 0.717) is 23.2 Å². The van der Waals surface area contributed by atoms with Gasteiger partial charge in [-0.05, 0) is 42.5 Å². The standard InChI is InChI=1S/C19H16N2O4/c1-2-18(23)21-16-8-6-14(7-9-16)17(22)12-25-19(24)15-5-3-4-13(10-15)11-20/h3-10H,2,12H2,1H3,(H,21,23). The van der Waals surface area contributed by atoms with Crippen LogP contribution in [0.15, 0.2) is 48.5 Å². The molecule has 1 N–H and O–H groups in total. The minimum Gasteiger partial charge on any atom is -0.454 e. The molecule has 2 rings (SSSR count). The number of Topliss-reactive ketones (excluding diaryl/α,β-unsaturated/α-hetero) is 1. The Morgan fingerprint density at radius 1 is 1.08 bits per heavy atom. The van der Waals surface area contributed by atoms with Crippen molar-refractivity contribution in [2.75, 3.05) is 11.9 Å². The lowest BCUT2D eigenvalue weighted by atomic mass is 10.1. The van der Waals surface area contributed by atoms with Crippen LogP contribution in [0.25, 0.3) is 0 Å². The van der Waals surface area contributed by atoms with Crippen LogP contribution in [0.1, 0.15) is 39.6 Å². The molecule has 0 spiro atoms. The van der Waals surface area contributed by atoms with Crippen LogP contribution in [0.2, 0.25) is 0 Å². The van der Waals surface area contributed by atoms with Gasteiger partial charge in [-0.15, -0.1) is 0 Å². The SMILES string of the molecule is CCC(=O)Nc1ccc(C(=O)COC(=O)c2cccc(C#N)c2)cc1. The van der Waals surface area contributed by atoms with Crippen molar-refractivity contribution in [1.29, 1.82) is 5.26 Å². The van der Waals surface area contributed by atoms with Gasteiger partial charge >= 0.3 is 5.97 Å². The molecular weight excluding hydrogens is 320 g/mol. The van der Waals surface area contributed by atoms with Crippen molar-refractivity contribution in [3.05, 3.63) is 65.2 Å². The number of rotatable bonds is 6. The van der Waals surface area contributed by atoms with E-state index in [2.05, 4.69) is 5.32 Å². The number of esters is 1. The smallest absolute Gasteiger partial charge is 0.338 e. The lowest BCUT2D eigenvalue weighted by molar-refractivity contribution is -0.115. The van der Waals surface area contributed by atoms with E-state index in [1.54, 1.807) is 43.3 Å². The Morgan fingerprint density at radius 3 is 2.44 bits per heavy atom. The molecule has 0 atom stereocenters. The van der Waals surface area contributed by atoms with E-state index in [-0.39, 0.29) is 17.3 Å². The van der Waals surface area contributed by atoms with E-state index < -0.39 is 12.6 Å². The van der Waals surface area contributed by atoms with Crippen molar-refractivity contribution in [1.82, 2.24) is 0 Å². The number of carbonyl (C=O) groups excluding carboxylic acids is 3. The second-order valence-corrected chi connectivity index (χ2v) is 5.17. The van der Waals surface area contributed by atoms with Gasteiger partial charge in [-0.1, -0.05) is 13.0 Å². The van der Waals surface area contributed by atoms with Crippen LogP contribution in [0, 0.1) is 11.3 Å². The van der Waals surface area contributed by atoms with Crippen LogP contribution in [0.4, 0.5) is 5.69 Å². The van der Waals surface area contributed by atoms with Gasteiger partial charge in [0.25, 0.3) is 0 Å². The molecule has 0 heterocycles.